The zero-order valence-electron chi connectivity index (χ0n) is 51.2. The molecule has 13 atom stereocenters. The van der Waals surface area contributed by atoms with Gasteiger partial charge < -0.3 is 63.9 Å². The number of fused-ring (bicyclic) bond motifs is 11. The van der Waals surface area contributed by atoms with Crippen LogP contribution in [-0.4, -0.2) is 163 Å². The zero-order chi connectivity index (χ0) is 62.4. The first-order valence-corrected chi connectivity index (χ1v) is 33.9. The highest BCUT2D eigenvalue weighted by Crippen LogP contribution is 2.65. The van der Waals surface area contributed by atoms with Crippen molar-refractivity contribution in [2.45, 2.75) is 180 Å². The predicted octanol–water partition coefficient (Wildman–Crippen LogP) is 7.23. The number of likely N-dealkylation sites (N-methyl/N-ethyl adjacent to an activating group) is 1. The number of rotatable bonds is 15. The van der Waals surface area contributed by atoms with Crippen LogP contribution >= 0.6 is 35.3 Å². The summed E-state index contributed by atoms with van der Waals surface area (Å²) in [6, 6.07) is 4.72. The smallest absolute Gasteiger partial charge is 0.493 e. The summed E-state index contributed by atoms with van der Waals surface area (Å²) < 4.78 is 56.4. The van der Waals surface area contributed by atoms with E-state index in [0.29, 0.717) is 83.0 Å². The van der Waals surface area contributed by atoms with E-state index >= 15 is 4.79 Å². The van der Waals surface area contributed by atoms with E-state index < -0.39 is 70.7 Å². The number of esters is 3. The van der Waals surface area contributed by atoms with E-state index in [0.717, 1.165) is 53.9 Å². The van der Waals surface area contributed by atoms with Gasteiger partial charge in [-0.2, -0.15) is 28.8 Å². The van der Waals surface area contributed by atoms with Crippen molar-refractivity contribution in [1.29, 1.82) is 5.26 Å². The van der Waals surface area contributed by atoms with Crippen molar-refractivity contribution in [3.8, 4) is 46.3 Å². The Morgan fingerprint density at radius 2 is 1.43 bits per heavy atom. The van der Waals surface area contributed by atoms with Gasteiger partial charge in [-0.25, -0.2) is 19.2 Å². The number of aryl methyl sites for hydroxylation is 1. The van der Waals surface area contributed by atoms with Gasteiger partial charge in [-0.1, -0.05) is 18.9 Å². The summed E-state index contributed by atoms with van der Waals surface area (Å²) in [6.45, 7) is 8.90. The summed E-state index contributed by atoms with van der Waals surface area (Å²) in [6.07, 6.45) is 4.34. The lowest BCUT2D eigenvalue weighted by molar-refractivity contribution is -0.157. The zero-order valence-corrected chi connectivity index (χ0v) is 53.6. The minimum Gasteiger partial charge on any atom is -0.493 e. The maximum absolute atomic E-state index is 15.6. The molecule has 3 aromatic carbocycles. The van der Waals surface area contributed by atoms with Crippen LogP contribution in [0.25, 0.3) is 0 Å². The summed E-state index contributed by atoms with van der Waals surface area (Å²) in [5, 5.41) is 27.2. The van der Waals surface area contributed by atoms with Gasteiger partial charge in [0.05, 0.1) is 61.8 Å². The Hall–Kier alpha value is -6.50. The fourth-order valence-electron chi connectivity index (χ4n) is 15.4. The van der Waals surface area contributed by atoms with E-state index in [1.807, 2.05) is 44.4 Å². The number of methoxy groups -OCH3 is 2. The number of amides is 4. The van der Waals surface area contributed by atoms with Crippen molar-refractivity contribution in [3.05, 3.63) is 62.7 Å². The average molecular weight is 1280 g/mol. The molecule has 4 amide bonds. The fraction of sp³-hybridized carbons (Fsp3) is 0.603. The topological polar surface area (TPSA) is 276 Å². The standard InChI is InChI=1S/C63H76N8O15S3/c1-29-19-32-20-36-37(23-64)71-38-24-80-58(74)63(33-22-39(78-7)40(21-31(33)17-18-65-63)83-61(77)86-62(3,4)5)27-89-57(47-46(38)55-54(81-28-82-55)30(2)53(47)84-43(72)15-11-9-13-41-48-34(25-87-41)66-59(75)68-48)51(71)50(70(36)6)45(32)56(52(29)79-8)85-44(73)16-12-10-14-42-49-35(26-88-42)67-60(76)69-49/h19,21-22,34-38,41-42,48-51,57,65H,9-18,20,24-28H2,1-8H3,(H2,66,68,75)(H2,67,69,76)/t34?,35?,36-,37+,38-,41+,42?,48?,49?,50-,51?,57-,63-/m1/s1. The number of piperazine rings is 1. The van der Waals surface area contributed by atoms with Crippen LogP contribution in [0, 0.1) is 25.2 Å². The normalized spacial score (nSPS) is 30.2. The molecule has 23 nitrogen and oxygen atoms in total. The number of unbranched alkanes of at least 4 members (excludes halogenated alkanes) is 2. The van der Waals surface area contributed by atoms with Gasteiger partial charge in [0, 0.05) is 81.5 Å². The largest absolute Gasteiger partial charge is 0.514 e. The number of hydrogen-bond donors (Lipinski definition) is 5. The highest BCUT2D eigenvalue weighted by Gasteiger charge is 2.62. The molecule has 11 aliphatic heterocycles. The lowest BCUT2D eigenvalue weighted by Crippen LogP contribution is -2.69. The minimum atomic E-state index is -1.54. The number of nitriles is 1. The van der Waals surface area contributed by atoms with Crippen LogP contribution < -0.4 is 59.7 Å². The second kappa shape index (κ2) is 24.3. The van der Waals surface area contributed by atoms with Gasteiger partial charge in [0.2, 0.25) is 6.79 Å². The van der Waals surface area contributed by atoms with Crippen LogP contribution in [0.3, 0.4) is 0 Å². The fourth-order valence-corrected chi connectivity index (χ4v) is 20.2. The third-order valence-corrected chi connectivity index (χ3v) is 23.8. The molecule has 11 aliphatic rings. The number of urea groups is 2. The molecule has 1 spiro atoms. The summed E-state index contributed by atoms with van der Waals surface area (Å²) in [5.74, 6) is 2.29. The molecule has 14 rings (SSSR count). The van der Waals surface area contributed by atoms with Crippen molar-refractivity contribution in [2.24, 2.45) is 0 Å². The van der Waals surface area contributed by atoms with E-state index in [-0.39, 0.29) is 96.0 Å². The molecule has 0 radical (unpaired) electrons. The van der Waals surface area contributed by atoms with E-state index in [1.54, 1.807) is 40.0 Å². The quantitative estimate of drug-likeness (QED) is 0.0330. The van der Waals surface area contributed by atoms with Gasteiger partial charge in [-0.05, 0) is 115 Å². The van der Waals surface area contributed by atoms with Crippen LogP contribution in [0.5, 0.6) is 40.2 Å². The van der Waals surface area contributed by atoms with Crippen LogP contribution in [0.2, 0.25) is 0 Å². The van der Waals surface area contributed by atoms with E-state index in [2.05, 4.69) is 48.5 Å². The number of nitrogens with one attached hydrogen (secondary N) is 5. The molecule has 26 heteroatoms. The van der Waals surface area contributed by atoms with Crippen molar-refractivity contribution in [1.82, 2.24) is 36.4 Å². The minimum absolute atomic E-state index is 0.0257. The molecule has 0 aliphatic carbocycles. The SMILES string of the molecule is COc1cc2c(cc1OC(=O)OC(C)(C)C)CCN[C@]21CS[C@@H]2c3c(OC(=O)CCCC[C@@H]4SCC5NC(=O)NC54)c(C)c4c(c3[C@@H](COC1=O)N1C2[C@H]2c3c(cc(C)c(OC)c3OC(=O)CCCCC3SCC5NC(=O)NC53)C[C@H]([C@@H]1C#N)N2C)OCO4. The first-order valence-electron chi connectivity index (χ1n) is 30.8. The highest BCUT2D eigenvalue weighted by molar-refractivity contribution is 8.00. The Morgan fingerprint density at radius 3 is 2.07 bits per heavy atom. The van der Waals surface area contributed by atoms with Crippen molar-refractivity contribution >= 4 is 71.4 Å². The van der Waals surface area contributed by atoms with E-state index in [9.17, 15) is 29.2 Å². The maximum atomic E-state index is 15.6. The number of hydrogen-bond acceptors (Lipinski definition) is 22. The van der Waals surface area contributed by atoms with Crippen LogP contribution in [0.15, 0.2) is 18.2 Å². The second-order valence-electron chi connectivity index (χ2n) is 25.7. The molecule has 6 fully saturated rings. The van der Waals surface area contributed by atoms with Crippen LogP contribution in [-0.2, 0) is 42.2 Å². The molecule has 476 valence electrons. The molecule has 6 unspecified atom stereocenters. The van der Waals surface area contributed by atoms with Crippen molar-refractivity contribution in [2.75, 3.05) is 58.5 Å². The Kier molecular flexibility index (Phi) is 16.7. The Balaban J connectivity index is 0.902. The number of carbonyl (C=O) groups is 6. The average Bonchev–Trinajstić information content (AvgIpc) is 1.53. The van der Waals surface area contributed by atoms with Gasteiger partial charge in [-0.3, -0.25) is 24.7 Å². The Labute approximate surface area is 529 Å². The van der Waals surface area contributed by atoms with E-state index in [1.165, 1.54) is 18.9 Å². The molecule has 4 bridgehead atoms. The van der Waals surface area contributed by atoms with Crippen LogP contribution in [0.1, 0.15) is 134 Å². The molecule has 0 saturated carbocycles. The number of thioether (sulfide) groups is 3. The summed E-state index contributed by atoms with van der Waals surface area (Å²) in [5.41, 5.74) is 3.01. The van der Waals surface area contributed by atoms with Crippen molar-refractivity contribution < 1.29 is 71.4 Å². The summed E-state index contributed by atoms with van der Waals surface area (Å²) >= 11 is 5.10. The molecule has 6 saturated heterocycles. The third kappa shape index (κ3) is 11.0. The van der Waals surface area contributed by atoms with Gasteiger partial charge in [-0.15, -0.1) is 11.8 Å². The first kappa shape index (κ1) is 61.4. The molecular formula is C63H76N8O15S3. The molecular weight excluding hydrogens is 1200 g/mol. The molecule has 5 N–H and O–H groups in total. The number of benzene rings is 3. The number of nitrogens with zero attached hydrogens (tertiary/aromatic N) is 3. The highest BCUT2D eigenvalue weighted by atomic mass is 32.2. The Morgan fingerprint density at radius 1 is 0.764 bits per heavy atom. The van der Waals surface area contributed by atoms with Gasteiger partial charge >= 0.3 is 36.1 Å². The maximum Gasteiger partial charge on any atom is 0.514 e. The molecule has 11 heterocycles. The Bertz CT molecular complexity index is 3450. The predicted molar refractivity (Wildman–Crippen MR) is 329 cm³/mol. The molecule has 3 aromatic rings. The third-order valence-electron chi connectivity index (χ3n) is 19.3. The van der Waals surface area contributed by atoms with Crippen LogP contribution in [0.4, 0.5) is 14.4 Å². The van der Waals surface area contributed by atoms with E-state index in [4.69, 9.17) is 42.6 Å². The molecule has 0 aromatic heterocycles. The van der Waals surface area contributed by atoms with Gasteiger partial charge in [0.25, 0.3) is 0 Å². The van der Waals surface area contributed by atoms with Crippen molar-refractivity contribution in [3.63, 3.8) is 0 Å². The summed E-state index contributed by atoms with van der Waals surface area (Å²) in [4.78, 5) is 86.6. The van der Waals surface area contributed by atoms with Gasteiger partial charge in [0.15, 0.2) is 40.0 Å². The lowest BCUT2D eigenvalue weighted by Gasteiger charge is -2.62. The first-order chi connectivity index (χ1) is 42.8. The van der Waals surface area contributed by atoms with Gasteiger partial charge in [0.1, 0.15) is 24.0 Å². The summed E-state index contributed by atoms with van der Waals surface area (Å²) in [7, 11) is 5.02. The lowest BCUT2D eigenvalue weighted by atomic mass is 9.71. The number of ether oxygens (including phenoxy) is 9. The number of carbonyl (C=O) groups excluding carboxylic acids is 6. The monoisotopic (exact) mass is 1280 g/mol. The molecule has 89 heavy (non-hydrogen) atoms. The second-order valence-corrected chi connectivity index (χ2v) is 29.4.